The third kappa shape index (κ3) is 4.08. The third-order valence-electron chi connectivity index (χ3n) is 5.54. The van der Waals surface area contributed by atoms with Crippen molar-refractivity contribution in [3.63, 3.8) is 0 Å². The monoisotopic (exact) mass is 401 g/mol. The second-order valence-corrected chi connectivity index (χ2v) is 7.58. The molecule has 0 saturated carbocycles. The number of hydrogen-bond acceptors (Lipinski definition) is 4. The zero-order chi connectivity index (χ0) is 21.1. The Balaban J connectivity index is 1.47. The average molecular weight is 401 g/mol. The molecule has 152 valence electrons. The van der Waals surface area contributed by atoms with Gasteiger partial charge in [-0.25, -0.2) is 4.68 Å². The number of amides is 1. The molecule has 1 aromatic heterocycles. The lowest BCUT2D eigenvalue weighted by Crippen LogP contribution is -2.43. The Morgan fingerprint density at radius 2 is 1.63 bits per heavy atom. The quantitative estimate of drug-likeness (QED) is 0.630. The summed E-state index contributed by atoms with van der Waals surface area (Å²) in [5.74, 6) is -0.430. The number of likely N-dealkylation sites (tertiary alicyclic amines) is 1. The SMILES string of the molecule is Cn1nc(C(=O)N2CCC[C@@H](C(=O)c3ccc(-c4ccccc4)cc3)C2)ccc1=O. The van der Waals surface area contributed by atoms with Crippen molar-refractivity contribution in [2.24, 2.45) is 13.0 Å². The molecule has 0 bridgehead atoms. The highest BCUT2D eigenvalue weighted by Gasteiger charge is 2.30. The molecule has 0 spiro atoms. The summed E-state index contributed by atoms with van der Waals surface area (Å²) in [5.41, 5.74) is 2.79. The Morgan fingerprint density at radius 3 is 2.33 bits per heavy atom. The van der Waals surface area contributed by atoms with Crippen molar-refractivity contribution in [3.05, 3.63) is 88.3 Å². The number of hydrogen-bond donors (Lipinski definition) is 0. The van der Waals surface area contributed by atoms with Gasteiger partial charge in [0.2, 0.25) is 0 Å². The molecule has 30 heavy (non-hydrogen) atoms. The fourth-order valence-electron chi connectivity index (χ4n) is 3.85. The highest BCUT2D eigenvalue weighted by atomic mass is 16.2. The number of ketones is 1. The zero-order valence-electron chi connectivity index (χ0n) is 16.8. The predicted molar refractivity (Wildman–Crippen MR) is 114 cm³/mol. The lowest BCUT2D eigenvalue weighted by atomic mass is 9.89. The summed E-state index contributed by atoms with van der Waals surface area (Å²) in [4.78, 5) is 39.0. The molecule has 6 heteroatoms. The first-order valence-electron chi connectivity index (χ1n) is 10.1. The molecule has 2 heterocycles. The van der Waals surface area contributed by atoms with Gasteiger partial charge in [-0.2, -0.15) is 5.10 Å². The van der Waals surface area contributed by atoms with E-state index in [0.717, 1.165) is 28.7 Å². The van der Waals surface area contributed by atoms with Crippen LogP contribution in [0.4, 0.5) is 0 Å². The van der Waals surface area contributed by atoms with E-state index in [-0.39, 0.29) is 28.9 Å². The summed E-state index contributed by atoms with van der Waals surface area (Å²) < 4.78 is 1.15. The maximum absolute atomic E-state index is 13.1. The molecular formula is C24H23N3O3. The van der Waals surface area contributed by atoms with Gasteiger partial charge in [-0.3, -0.25) is 14.4 Å². The molecule has 1 fully saturated rings. The summed E-state index contributed by atoms with van der Waals surface area (Å²) in [6.45, 7) is 0.947. The Kier molecular flexibility index (Phi) is 5.57. The molecule has 0 aliphatic carbocycles. The van der Waals surface area contributed by atoms with E-state index in [2.05, 4.69) is 5.10 Å². The van der Waals surface area contributed by atoms with Gasteiger partial charge in [-0.1, -0.05) is 54.6 Å². The van der Waals surface area contributed by atoms with Crippen molar-refractivity contribution >= 4 is 11.7 Å². The second-order valence-electron chi connectivity index (χ2n) is 7.58. The van der Waals surface area contributed by atoms with Crippen molar-refractivity contribution in [1.82, 2.24) is 14.7 Å². The number of piperidine rings is 1. The zero-order valence-corrected chi connectivity index (χ0v) is 16.8. The molecule has 0 unspecified atom stereocenters. The number of carbonyl (C=O) groups excluding carboxylic acids is 2. The van der Waals surface area contributed by atoms with Crippen LogP contribution in [0.25, 0.3) is 11.1 Å². The number of aryl methyl sites for hydroxylation is 1. The molecule has 3 aromatic rings. The molecule has 1 saturated heterocycles. The standard InChI is InChI=1S/C24H23N3O3/c1-26-22(28)14-13-21(25-26)24(30)27-15-5-8-20(16-27)23(29)19-11-9-18(10-12-19)17-6-3-2-4-7-17/h2-4,6-7,9-14,20H,5,8,15-16H2,1H3/t20-/m1/s1. The highest BCUT2D eigenvalue weighted by Crippen LogP contribution is 2.24. The Hall–Kier alpha value is -3.54. The summed E-state index contributed by atoms with van der Waals surface area (Å²) in [6, 6.07) is 20.4. The van der Waals surface area contributed by atoms with Crippen molar-refractivity contribution in [2.45, 2.75) is 12.8 Å². The van der Waals surface area contributed by atoms with Crippen LogP contribution in [-0.4, -0.2) is 39.5 Å². The molecule has 6 nitrogen and oxygen atoms in total. The van der Waals surface area contributed by atoms with E-state index in [4.69, 9.17) is 0 Å². The van der Waals surface area contributed by atoms with Gasteiger partial charge in [-0.05, 0) is 30.0 Å². The van der Waals surface area contributed by atoms with Gasteiger partial charge < -0.3 is 4.90 Å². The van der Waals surface area contributed by atoms with Crippen LogP contribution in [0.5, 0.6) is 0 Å². The van der Waals surface area contributed by atoms with E-state index in [9.17, 15) is 14.4 Å². The Morgan fingerprint density at radius 1 is 0.933 bits per heavy atom. The average Bonchev–Trinajstić information content (AvgIpc) is 2.80. The molecule has 1 aliphatic rings. The molecule has 1 atom stereocenters. The second kappa shape index (κ2) is 8.45. The minimum Gasteiger partial charge on any atom is -0.337 e. The van der Waals surface area contributed by atoms with Crippen LogP contribution in [0.2, 0.25) is 0 Å². The van der Waals surface area contributed by atoms with E-state index in [0.29, 0.717) is 18.7 Å². The Bertz CT molecular complexity index is 1120. The van der Waals surface area contributed by atoms with E-state index in [1.165, 1.54) is 19.2 Å². The summed E-state index contributed by atoms with van der Waals surface area (Å²) in [6.07, 6.45) is 1.51. The molecular weight excluding hydrogens is 378 g/mol. The van der Waals surface area contributed by atoms with E-state index in [1.54, 1.807) is 4.90 Å². The number of rotatable bonds is 4. The maximum Gasteiger partial charge on any atom is 0.274 e. The predicted octanol–water partition coefficient (Wildman–Crippen LogP) is 3.18. The van der Waals surface area contributed by atoms with E-state index >= 15 is 0 Å². The first kappa shape index (κ1) is 19.8. The number of benzene rings is 2. The van der Waals surface area contributed by atoms with Crippen LogP contribution < -0.4 is 5.56 Å². The minimum absolute atomic E-state index is 0.0560. The molecule has 4 rings (SSSR count). The topological polar surface area (TPSA) is 72.3 Å². The van der Waals surface area contributed by atoms with Gasteiger partial charge in [0.25, 0.3) is 11.5 Å². The number of Topliss-reactive ketones (excluding diaryl/α,β-unsaturated/α-hetero) is 1. The molecule has 0 radical (unpaired) electrons. The summed E-state index contributed by atoms with van der Waals surface area (Å²) in [7, 11) is 1.51. The number of carbonyl (C=O) groups is 2. The van der Waals surface area contributed by atoms with Crippen LogP contribution in [0.1, 0.15) is 33.7 Å². The number of aromatic nitrogens is 2. The first-order chi connectivity index (χ1) is 14.5. The van der Waals surface area contributed by atoms with Crippen molar-refractivity contribution in [3.8, 4) is 11.1 Å². The van der Waals surface area contributed by atoms with Crippen LogP contribution in [-0.2, 0) is 7.05 Å². The van der Waals surface area contributed by atoms with Crippen molar-refractivity contribution in [1.29, 1.82) is 0 Å². The van der Waals surface area contributed by atoms with Gasteiger partial charge in [0.05, 0.1) is 0 Å². The maximum atomic E-state index is 13.1. The van der Waals surface area contributed by atoms with E-state index < -0.39 is 0 Å². The highest BCUT2D eigenvalue weighted by molar-refractivity contribution is 5.99. The van der Waals surface area contributed by atoms with E-state index in [1.807, 2.05) is 54.6 Å². The van der Waals surface area contributed by atoms with Crippen LogP contribution >= 0.6 is 0 Å². The normalized spacial score (nSPS) is 16.3. The Labute approximate surface area is 174 Å². The molecule has 1 aliphatic heterocycles. The largest absolute Gasteiger partial charge is 0.337 e. The fourth-order valence-corrected chi connectivity index (χ4v) is 3.85. The van der Waals surface area contributed by atoms with Gasteiger partial charge in [0.15, 0.2) is 5.78 Å². The van der Waals surface area contributed by atoms with Crippen LogP contribution in [0, 0.1) is 5.92 Å². The molecule has 2 aromatic carbocycles. The van der Waals surface area contributed by atoms with Crippen LogP contribution in [0.15, 0.2) is 71.5 Å². The third-order valence-corrected chi connectivity index (χ3v) is 5.54. The van der Waals surface area contributed by atoms with Crippen molar-refractivity contribution in [2.75, 3.05) is 13.1 Å². The smallest absolute Gasteiger partial charge is 0.274 e. The first-order valence-corrected chi connectivity index (χ1v) is 10.1. The minimum atomic E-state index is -0.266. The molecule has 0 N–H and O–H groups in total. The van der Waals surface area contributed by atoms with Gasteiger partial charge in [-0.15, -0.1) is 0 Å². The van der Waals surface area contributed by atoms with Crippen molar-refractivity contribution < 1.29 is 9.59 Å². The molecule has 1 amide bonds. The lowest BCUT2D eigenvalue weighted by molar-refractivity contribution is 0.0630. The number of nitrogens with zero attached hydrogens (tertiary/aromatic N) is 3. The summed E-state index contributed by atoms with van der Waals surface area (Å²) >= 11 is 0. The van der Waals surface area contributed by atoms with Gasteiger partial charge in [0.1, 0.15) is 5.69 Å². The van der Waals surface area contributed by atoms with Gasteiger partial charge >= 0.3 is 0 Å². The lowest BCUT2D eigenvalue weighted by Gasteiger charge is -2.31. The summed E-state index contributed by atoms with van der Waals surface area (Å²) in [5, 5.41) is 4.04. The van der Waals surface area contributed by atoms with Gasteiger partial charge in [0, 0.05) is 37.7 Å². The van der Waals surface area contributed by atoms with Crippen LogP contribution in [0.3, 0.4) is 0 Å². The fraction of sp³-hybridized carbons (Fsp3) is 0.250.